The van der Waals surface area contributed by atoms with Gasteiger partial charge in [-0.15, -0.1) is 0 Å². The Bertz CT molecular complexity index is 356. The molecule has 0 aromatic rings. The second-order valence-corrected chi connectivity index (χ2v) is 7.27. The molecule has 2 N–H and O–H groups in total. The number of ether oxygens (including phenoxy) is 1. The average molecular weight is 264 g/mol. The van der Waals surface area contributed by atoms with Gasteiger partial charge in [-0.05, 0) is 62.2 Å². The van der Waals surface area contributed by atoms with Crippen molar-refractivity contribution in [3.8, 4) is 0 Å². The molecule has 5 fully saturated rings. The molecule has 4 bridgehead atoms. The summed E-state index contributed by atoms with van der Waals surface area (Å²) in [6.07, 6.45) is 7.64. The molecule has 0 aromatic carbocycles. The van der Waals surface area contributed by atoms with Gasteiger partial charge in [0, 0.05) is 19.1 Å². The Labute approximate surface area is 114 Å². The van der Waals surface area contributed by atoms with Gasteiger partial charge in [-0.1, -0.05) is 0 Å². The number of likely N-dealkylation sites (tertiary alicyclic amines) is 1. The quantitative estimate of drug-likeness (QED) is 0.788. The molecule has 1 heterocycles. The fourth-order valence-electron chi connectivity index (χ4n) is 5.21. The van der Waals surface area contributed by atoms with Gasteiger partial charge in [0.05, 0.1) is 0 Å². The van der Waals surface area contributed by atoms with Gasteiger partial charge in [-0.25, -0.2) is 4.79 Å². The molecule has 106 valence electrons. The van der Waals surface area contributed by atoms with Crippen molar-refractivity contribution in [2.24, 2.45) is 29.4 Å². The highest BCUT2D eigenvalue weighted by molar-refractivity contribution is 5.68. The van der Waals surface area contributed by atoms with E-state index in [0.29, 0.717) is 18.4 Å². The minimum Gasteiger partial charge on any atom is -0.446 e. The van der Waals surface area contributed by atoms with Crippen molar-refractivity contribution in [1.29, 1.82) is 0 Å². The number of hydrogen-bond acceptors (Lipinski definition) is 3. The molecule has 5 aliphatic rings. The smallest absolute Gasteiger partial charge is 0.410 e. The SMILES string of the molecule is NC1CCN(C(=O)OC2C3CC4CC(C3)CC2C4)C1. The van der Waals surface area contributed by atoms with Crippen LogP contribution in [0.5, 0.6) is 0 Å². The molecule has 1 saturated heterocycles. The Morgan fingerprint density at radius 2 is 1.68 bits per heavy atom. The number of carbonyl (C=O) groups excluding carboxylic acids is 1. The van der Waals surface area contributed by atoms with E-state index in [1.807, 2.05) is 0 Å². The first-order valence-electron chi connectivity index (χ1n) is 7.90. The van der Waals surface area contributed by atoms with Crippen LogP contribution in [0.25, 0.3) is 0 Å². The van der Waals surface area contributed by atoms with E-state index >= 15 is 0 Å². The van der Waals surface area contributed by atoms with E-state index in [-0.39, 0.29) is 18.2 Å². The molecule has 19 heavy (non-hydrogen) atoms. The van der Waals surface area contributed by atoms with Gasteiger partial charge in [0.15, 0.2) is 0 Å². The van der Waals surface area contributed by atoms with E-state index in [1.165, 1.54) is 32.1 Å². The Morgan fingerprint density at radius 3 is 2.21 bits per heavy atom. The van der Waals surface area contributed by atoms with Gasteiger partial charge in [0.1, 0.15) is 6.10 Å². The van der Waals surface area contributed by atoms with E-state index in [1.54, 1.807) is 4.90 Å². The average Bonchev–Trinajstić information content (AvgIpc) is 2.79. The maximum Gasteiger partial charge on any atom is 0.410 e. The van der Waals surface area contributed by atoms with Crippen LogP contribution < -0.4 is 5.73 Å². The summed E-state index contributed by atoms with van der Waals surface area (Å²) in [4.78, 5) is 14.0. The van der Waals surface area contributed by atoms with E-state index in [0.717, 1.165) is 24.8 Å². The first kappa shape index (κ1) is 12.0. The normalized spacial score (nSPS) is 47.7. The Morgan fingerprint density at radius 1 is 1.05 bits per heavy atom. The van der Waals surface area contributed by atoms with E-state index < -0.39 is 0 Å². The van der Waals surface area contributed by atoms with Gasteiger partial charge in [-0.2, -0.15) is 0 Å². The topological polar surface area (TPSA) is 55.6 Å². The molecule has 0 radical (unpaired) electrons. The van der Waals surface area contributed by atoms with Gasteiger partial charge in [-0.3, -0.25) is 0 Å². The van der Waals surface area contributed by atoms with Crippen molar-refractivity contribution in [2.45, 2.75) is 50.7 Å². The third-order valence-corrected chi connectivity index (χ3v) is 5.86. The van der Waals surface area contributed by atoms with Gasteiger partial charge < -0.3 is 15.4 Å². The number of amides is 1. The largest absolute Gasteiger partial charge is 0.446 e. The van der Waals surface area contributed by atoms with Gasteiger partial charge in [0.25, 0.3) is 0 Å². The second-order valence-electron chi connectivity index (χ2n) is 7.27. The summed E-state index contributed by atoms with van der Waals surface area (Å²) in [5.41, 5.74) is 5.86. The fraction of sp³-hybridized carbons (Fsp3) is 0.933. The maximum atomic E-state index is 12.2. The molecule has 1 atom stereocenters. The fourth-order valence-corrected chi connectivity index (χ4v) is 5.21. The second kappa shape index (κ2) is 4.37. The highest BCUT2D eigenvalue weighted by Crippen LogP contribution is 2.54. The summed E-state index contributed by atoms with van der Waals surface area (Å²) in [7, 11) is 0. The molecule has 4 nitrogen and oxygen atoms in total. The molecule has 0 aromatic heterocycles. The first-order valence-corrected chi connectivity index (χ1v) is 7.90. The molecule has 4 saturated carbocycles. The van der Waals surface area contributed by atoms with Crippen molar-refractivity contribution in [3.05, 3.63) is 0 Å². The van der Waals surface area contributed by atoms with Gasteiger partial charge in [0.2, 0.25) is 0 Å². The highest BCUT2D eigenvalue weighted by Gasteiger charge is 2.50. The van der Waals surface area contributed by atoms with E-state index in [4.69, 9.17) is 10.5 Å². The Kier molecular flexibility index (Phi) is 2.76. The van der Waals surface area contributed by atoms with Crippen LogP contribution in [0.15, 0.2) is 0 Å². The summed E-state index contributed by atoms with van der Waals surface area (Å²) >= 11 is 0. The van der Waals surface area contributed by atoms with Crippen LogP contribution in [0.4, 0.5) is 4.79 Å². The molecular weight excluding hydrogens is 240 g/mol. The molecule has 1 unspecified atom stereocenters. The highest BCUT2D eigenvalue weighted by atomic mass is 16.6. The Hall–Kier alpha value is -0.770. The maximum absolute atomic E-state index is 12.2. The predicted octanol–water partition coefficient (Wildman–Crippen LogP) is 1.98. The molecule has 5 rings (SSSR count). The minimum atomic E-state index is -0.106. The standard InChI is InChI=1S/C15H24N2O2/c16-13-1-2-17(8-13)15(18)19-14-11-4-9-3-10(6-11)7-12(14)5-9/h9-14H,1-8,16H2. The lowest BCUT2D eigenvalue weighted by Gasteiger charge is -2.53. The lowest BCUT2D eigenvalue weighted by molar-refractivity contribution is -0.101. The van der Waals surface area contributed by atoms with Crippen molar-refractivity contribution in [1.82, 2.24) is 4.90 Å². The van der Waals surface area contributed by atoms with Crippen molar-refractivity contribution in [2.75, 3.05) is 13.1 Å². The summed E-state index contributed by atoms with van der Waals surface area (Å²) in [5, 5.41) is 0. The first-order chi connectivity index (χ1) is 9.19. The number of carbonyl (C=O) groups is 1. The van der Waals surface area contributed by atoms with Crippen LogP contribution in [-0.4, -0.2) is 36.2 Å². The summed E-state index contributed by atoms with van der Waals surface area (Å²) in [6, 6.07) is 0.144. The summed E-state index contributed by atoms with van der Waals surface area (Å²) in [6.45, 7) is 1.44. The van der Waals surface area contributed by atoms with Crippen molar-refractivity contribution < 1.29 is 9.53 Å². The minimum absolute atomic E-state index is 0.106. The number of hydrogen-bond donors (Lipinski definition) is 1. The lowest BCUT2D eigenvalue weighted by Crippen LogP contribution is -2.51. The zero-order valence-electron chi connectivity index (χ0n) is 11.5. The van der Waals surface area contributed by atoms with Crippen LogP contribution in [0.3, 0.4) is 0 Å². The van der Waals surface area contributed by atoms with Crippen LogP contribution in [0.2, 0.25) is 0 Å². The number of nitrogens with zero attached hydrogens (tertiary/aromatic N) is 1. The number of nitrogens with two attached hydrogens (primary N) is 1. The van der Waals surface area contributed by atoms with E-state index in [9.17, 15) is 4.79 Å². The third kappa shape index (κ3) is 2.04. The zero-order valence-corrected chi connectivity index (χ0v) is 11.5. The van der Waals surface area contributed by atoms with Crippen molar-refractivity contribution >= 4 is 6.09 Å². The molecule has 4 heteroatoms. The molecule has 0 spiro atoms. The lowest BCUT2D eigenvalue weighted by atomic mass is 9.55. The van der Waals surface area contributed by atoms with Crippen LogP contribution in [0, 0.1) is 23.7 Å². The summed E-state index contributed by atoms with van der Waals surface area (Å²) < 4.78 is 5.89. The van der Waals surface area contributed by atoms with Crippen LogP contribution >= 0.6 is 0 Å². The molecule has 1 aliphatic heterocycles. The monoisotopic (exact) mass is 264 g/mol. The zero-order chi connectivity index (χ0) is 13.0. The van der Waals surface area contributed by atoms with E-state index in [2.05, 4.69) is 0 Å². The number of rotatable bonds is 1. The molecule has 1 amide bonds. The Balaban J connectivity index is 1.41. The van der Waals surface area contributed by atoms with Crippen molar-refractivity contribution in [3.63, 3.8) is 0 Å². The van der Waals surface area contributed by atoms with Gasteiger partial charge >= 0.3 is 6.09 Å². The molecule has 4 aliphatic carbocycles. The third-order valence-electron chi connectivity index (χ3n) is 5.86. The van der Waals surface area contributed by atoms with Crippen LogP contribution in [-0.2, 0) is 4.74 Å². The van der Waals surface area contributed by atoms with Crippen LogP contribution in [0.1, 0.15) is 38.5 Å². The summed E-state index contributed by atoms with van der Waals surface area (Å²) in [5.74, 6) is 3.16. The predicted molar refractivity (Wildman–Crippen MR) is 71.5 cm³/mol. The molecular formula is C15H24N2O2.